The Morgan fingerprint density at radius 1 is 1.38 bits per heavy atom. The zero-order valence-corrected chi connectivity index (χ0v) is 14.6. The van der Waals surface area contributed by atoms with Crippen LogP contribution < -0.4 is 5.43 Å². The van der Waals surface area contributed by atoms with Gasteiger partial charge in [-0.1, -0.05) is 24.9 Å². The fourth-order valence-corrected chi connectivity index (χ4v) is 3.78. The molecule has 0 saturated heterocycles. The maximum absolute atomic E-state index is 12.2. The lowest BCUT2D eigenvalue weighted by Crippen LogP contribution is -2.20. The van der Waals surface area contributed by atoms with Crippen LogP contribution in [0.5, 0.6) is 0 Å². The van der Waals surface area contributed by atoms with Gasteiger partial charge in [0.25, 0.3) is 5.91 Å². The van der Waals surface area contributed by atoms with E-state index >= 15 is 0 Å². The summed E-state index contributed by atoms with van der Waals surface area (Å²) >= 11 is 9.02. The highest BCUT2D eigenvalue weighted by atomic mass is 35.5. The molecular formula is C15H17ClN2OS2. The molecule has 0 aromatic carbocycles. The quantitative estimate of drug-likeness (QED) is 0.603. The van der Waals surface area contributed by atoms with Gasteiger partial charge in [0, 0.05) is 10.3 Å². The third kappa shape index (κ3) is 3.93. The van der Waals surface area contributed by atoms with E-state index in [1.807, 2.05) is 31.4 Å². The average molecular weight is 341 g/mol. The molecule has 0 aliphatic rings. The van der Waals surface area contributed by atoms with Crippen molar-refractivity contribution in [3.05, 3.63) is 42.7 Å². The molecule has 21 heavy (non-hydrogen) atoms. The Labute approximate surface area is 137 Å². The van der Waals surface area contributed by atoms with Crippen molar-refractivity contribution in [3.63, 3.8) is 0 Å². The third-order valence-electron chi connectivity index (χ3n) is 3.17. The fraction of sp³-hybridized carbons (Fsp3) is 0.333. The molecule has 0 spiro atoms. The second-order valence-corrected chi connectivity index (χ2v) is 7.48. The average Bonchev–Trinajstić information content (AvgIpc) is 3.02. The smallest absolute Gasteiger partial charge is 0.267 e. The van der Waals surface area contributed by atoms with Crippen molar-refractivity contribution in [2.45, 2.75) is 33.6 Å². The lowest BCUT2D eigenvalue weighted by molar-refractivity contribution is 0.0954. The molecule has 6 heteroatoms. The van der Waals surface area contributed by atoms with Crippen molar-refractivity contribution in [3.8, 4) is 0 Å². The van der Waals surface area contributed by atoms with E-state index in [1.54, 1.807) is 11.3 Å². The van der Waals surface area contributed by atoms with Gasteiger partial charge in [0.05, 0.1) is 20.5 Å². The SMILES string of the molecule is CCC/C(=N\NC(=O)c1csc(C)c1C)c1ccc(Cl)s1. The van der Waals surface area contributed by atoms with Crippen molar-refractivity contribution >= 4 is 45.9 Å². The van der Waals surface area contributed by atoms with Crippen LogP contribution in [0.25, 0.3) is 0 Å². The summed E-state index contributed by atoms with van der Waals surface area (Å²) in [5, 5.41) is 6.17. The predicted molar refractivity (Wildman–Crippen MR) is 92.0 cm³/mol. The number of hydrazone groups is 1. The maximum atomic E-state index is 12.2. The molecule has 0 atom stereocenters. The number of aryl methyl sites for hydroxylation is 1. The minimum Gasteiger partial charge on any atom is -0.267 e. The Morgan fingerprint density at radius 2 is 2.14 bits per heavy atom. The van der Waals surface area contributed by atoms with Crippen molar-refractivity contribution in [2.24, 2.45) is 5.10 Å². The summed E-state index contributed by atoms with van der Waals surface area (Å²) in [4.78, 5) is 14.3. The molecule has 2 aromatic heterocycles. The van der Waals surface area contributed by atoms with Crippen LogP contribution >= 0.6 is 34.3 Å². The predicted octanol–water partition coefficient (Wildman–Crippen LogP) is 5.01. The third-order valence-corrected chi connectivity index (χ3v) is 5.46. The molecule has 1 N–H and O–H groups in total. The van der Waals surface area contributed by atoms with E-state index in [9.17, 15) is 4.79 Å². The van der Waals surface area contributed by atoms with E-state index in [1.165, 1.54) is 11.3 Å². The number of carbonyl (C=O) groups excluding carboxylic acids is 1. The second kappa shape index (κ2) is 7.20. The molecule has 3 nitrogen and oxygen atoms in total. The number of nitrogens with zero attached hydrogens (tertiary/aromatic N) is 1. The fourth-order valence-electron chi connectivity index (χ4n) is 1.86. The number of halogens is 1. The lowest BCUT2D eigenvalue weighted by atomic mass is 10.2. The first-order valence-electron chi connectivity index (χ1n) is 6.70. The topological polar surface area (TPSA) is 41.5 Å². The molecule has 0 fully saturated rings. The van der Waals surface area contributed by atoms with Gasteiger partial charge < -0.3 is 0 Å². The molecule has 0 aliphatic carbocycles. The monoisotopic (exact) mass is 340 g/mol. The summed E-state index contributed by atoms with van der Waals surface area (Å²) in [6.07, 6.45) is 1.76. The van der Waals surface area contributed by atoms with E-state index in [-0.39, 0.29) is 5.91 Å². The number of nitrogens with one attached hydrogen (secondary N) is 1. The van der Waals surface area contributed by atoms with Gasteiger partial charge in [-0.25, -0.2) is 5.43 Å². The number of carbonyl (C=O) groups is 1. The minimum absolute atomic E-state index is 0.159. The first kappa shape index (κ1) is 16.2. The summed E-state index contributed by atoms with van der Waals surface area (Å²) in [7, 11) is 0. The maximum Gasteiger partial charge on any atom is 0.272 e. The number of hydrogen-bond donors (Lipinski definition) is 1. The van der Waals surface area contributed by atoms with E-state index in [0.717, 1.165) is 38.2 Å². The Hall–Kier alpha value is -1.17. The van der Waals surface area contributed by atoms with Gasteiger partial charge in [0.1, 0.15) is 0 Å². The summed E-state index contributed by atoms with van der Waals surface area (Å²) in [5.41, 5.74) is 5.25. The Balaban J connectivity index is 2.16. The number of rotatable bonds is 5. The normalized spacial score (nSPS) is 11.7. The Kier molecular flexibility index (Phi) is 5.56. The van der Waals surface area contributed by atoms with E-state index in [0.29, 0.717) is 5.56 Å². The van der Waals surface area contributed by atoms with Crippen molar-refractivity contribution < 1.29 is 4.79 Å². The minimum atomic E-state index is -0.159. The van der Waals surface area contributed by atoms with Gasteiger partial charge in [-0.05, 0) is 38.0 Å². The second-order valence-electron chi connectivity index (χ2n) is 4.68. The molecule has 2 aromatic rings. The standard InChI is InChI=1S/C15H17ClN2OS2/c1-4-5-12(13-6-7-14(16)21-13)17-18-15(19)11-8-20-10(3)9(11)2/h6-8H,4-5H2,1-3H3,(H,18,19)/b17-12+. The molecule has 0 saturated carbocycles. The van der Waals surface area contributed by atoms with E-state index in [4.69, 9.17) is 11.6 Å². The number of amides is 1. The summed E-state index contributed by atoms with van der Waals surface area (Å²) in [5.74, 6) is -0.159. The molecule has 0 aliphatic heterocycles. The van der Waals surface area contributed by atoms with Crippen molar-refractivity contribution in [1.29, 1.82) is 0 Å². The molecule has 112 valence electrons. The van der Waals surface area contributed by atoms with Gasteiger partial charge in [-0.2, -0.15) is 5.10 Å². The highest BCUT2D eigenvalue weighted by Gasteiger charge is 2.13. The zero-order valence-electron chi connectivity index (χ0n) is 12.2. The van der Waals surface area contributed by atoms with Crippen molar-refractivity contribution in [1.82, 2.24) is 5.43 Å². The van der Waals surface area contributed by atoms with Gasteiger partial charge >= 0.3 is 0 Å². The van der Waals surface area contributed by atoms with E-state index < -0.39 is 0 Å². The largest absolute Gasteiger partial charge is 0.272 e. The van der Waals surface area contributed by atoms with Crippen LogP contribution in [-0.4, -0.2) is 11.6 Å². The Morgan fingerprint density at radius 3 is 2.67 bits per heavy atom. The van der Waals surface area contributed by atoms with Gasteiger partial charge in [-0.15, -0.1) is 22.7 Å². The molecule has 2 rings (SSSR count). The summed E-state index contributed by atoms with van der Waals surface area (Å²) in [6, 6.07) is 3.79. The number of hydrogen-bond acceptors (Lipinski definition) is 4. The molecule has 2 heterocycles. The summed E-state index contributed by atoms with van der Waals surface area (Å²) < 4.78 is 0.726. The highest BCUT2D eigenvalue weighted by Crippen LogP contribution is 2.24. The van der Waals surface area contributed by atoms with Crippen LogP contribution in [-0.2, 0) is 0 Å². The van der Waals surface area contributed by atoms with Crippen LogP contribution in [0.4, 0.5) is 0 Å². The van der Waals surface area contributed by atoms with Gasteiger partial charge in [0.15, 0.2) is 0 Å². The Bertz CT molecular complexity index is 673. The van der Waals surface area contributed by atoms with E-state index in [2.05, 4.69) is 17.5 Å². The van der Waals surface area contributed by atoms with Crippen molar-refractivity contribution in [2.75, 3.05) is 0 Å². The molecule has 0 unspecified atom stereocenters. The summed E-state index contributed by atoms with van der Waals surface area (Å²) in [6.45, 7) is 6.05. The van der Waals surface area contributed by atoms with Crippen LogP contribution in [0, 0.1) is 13.8 Å². The first-order chi connectivity index (χ1) is 10.0. The van der Waals surface area contributed by atoms with Crippen LogP contribution in [0.2, 0.25) is 4.34 Å². The van der Waals surface area contributed by atoms with Crippen LogP contribution in [0.15, 0.2) is 22.6 Å². The van der Waals surface area contributed by atoms with Gasteiger partial charge in [0.2, 0.25) is 0 Å². The molecule has 1 amide bonds. The highest BCUT2D eigenvalue weighted by molar-refractivity contribution is 7.18. The molecule has 0 bridgehead atoms. The lowest BCUT2D eigenvalue weighted by Gasteiger charge is -2.04. The van der Waals surface area contributed by atoms with Crippen LogP contribution in [0.3, 0.4) is 0 Å². The first-order valence-corrected chi connectivity index (χ1v) is 8.77. The molecular weight excluding hydrogens is 324 g/mol. The van der Waals surface area contributed by atoms with Crippen LogP contribution in [0.1, 0.15) is 45.4 Å². The zero-order chi connectivity index (χ0) is 15.4. The van der Waals surface area contributed by atoms with Gasteiger partial charge in [-0.3, -0.25) is 4.79 Å². The molecule has 0 radical (unpaired) electrons. The number of thiophene rings is 2.